The number of H-pyrrole nitrogens is 1. The summed E-state index contributed by atoms with van der Waals surface area (Å²) in [7, 11) is 0. The molecule has 1 aromatic heterocycles. The number of rotatable bonds is 3. The maximum atomic E-state index is 14.0. The average Bonchev–Trinajstić information content (AvgIpc) is 2.89. The van der Waals surface area contributed by atoms with E-state index in [4.69, 9.17) is 4.74 Å². The van der Waals surface area contributed by atoms with Crippen LogP contribution < -0.4 is 10.9 Å². The molecule has 5 nitrogen and oxygen atoms in total. The van der Waals surface area contributed by atoms with Crippen LogP contribution in [0.2, 0.25) is 0 Å². The third kappa shape index (κ3) is 2.51. The molecule has 3 rings (SSSR count). The molecule has 0 spiro atoms. The number of benzene rings is 1. The first kappa shape index (κ1) is 13.1. The molecule has 106 valence electrons. The van der Waals surface area contributed by atoms with Crippen LogP contribution in [0.3, 0.4) is 0 Å². The molecule has 1 unspecified atom stereocenters. The minimum Gasteiger partial charge on any atom is -0.380 e. The van der Waals surface area contributed by atoms with Crippen molar-refractivity contribution in [1.82, 2.24) is 9.97 Å². The summed E-state index contributed by atoms with van der Waals surface area (Å²) >= 11 is 0. The van der Waals surface area contributed by atoms with E-state index in [1.807, 2.05) is 0 Å². The number of nitrogens with one attached hydrogen (secondary N) is 2. The zero-order chi connectivity index (χ0) is 14.1. The molecule has 0 bridgehead atoms. The molecule has 0 amide bonds. The van der Waals surface area contributed by atoms with Crippen LogP contribution in [-0.2, 0) is 4.74 Å². The number of halogens is 1. The monoisotopic (exact) mass is 277 g/mol. The largest absolute Gasteiger partial charge is 0.380 e. The van der Waals surface area contributed by atoms with E-state index < -0.39 is 5.82 Å². The summed E-state index contributed by atoms with van der Waals surface area (Å²) in [5.41, 5.74) is 0.420. The molecule has 2 heterocycles. The van der Waals surface area contributed by atoms with Crippen LogP contribution in [0, 0.1) is 12.7 Å². The summed E-state index contributed by atoms with van der Waals surface area (Å²) in [5.74, 6) is 0.0648. The van der Waals surface area contributed by atoms with Crippen LogP contribution in [-0.4, -0.2) is 29.2 Å². The molecule has 6 heteroatoms. The van der Waals surface area contributed by atoms with Crippen LogP contribution in [0.1, 0.15) is 18.7 Å². The lowest BCUT2D eigenvalue weighted by molar-refractivity contribution is 0.120. The van der Waals surface area contributed by atoms with E-state index >= 15 is 0 Å². The number of aryl methyl sites for hydroxylation is 1. The van der Waals surface area contributed by atoms with E-state index in [1.54, 1.807) is 6.92 Å². The van der Waals surface area contributed by atoms with Gasteiger partial charge in [0.2, 0.25) is 0 Å². The number of aromatic nitrogens is 2. The first-order valence-electron chi connectivity index (χ1n) is 6.69. The molecular weight excluding hydrogens is 261 g/mol. The fourth-order valence-corrected chi connectivity index (χ4v) is 2.44. The van der Waals surface area contributed by atoms with Crippen molar-refractivity contribution < 1.29 is 9.13 Å². The van der Waals surface area contributed by atoms with Crippen LogP contribution >= 0.6 is 0 Å². The number of aromatic amines is 1. The van der Waals surface area contributed by atoms with Crippen molar-refractivity contribution in [2.75, 3.05) is 18.5 Å². The second-order valence-corrected chi connectivity index (χ2v) is 5.02. The maximum Gasteiger partial charge on any atom is 0.258 e. The van der Waals surface area contributed by atoms with E-state index in [1.165, 1.54) is 12.1 Å². The Morgan fingerprint density at radius 1 is 1.55 bits per heavy atom. The molecule has 1 aromatic carbocycles. The van der Waals surface area contributed by atoms with Crippen LogP contribution in [0.4, 0.5) is 10.1 Å². The van der Waals surface area contributed by atoms with E-state index in [0.717, 1.165) is 19.4 Å². The maximum absolute atomic E-state index is 14.0. The first-order valence-corrected chi connectivity index (χ1v) is 6.69. The third-order valence-electron chi connectivity index (χ3n) is 3.46. The lowest BCUT2D eigenvalue weighted by atomic mass is 10.2. The molecule has 0 radical (unpaired) electrons. The normalized spacial score (nSPS) is 18.6. The van der Waals surface area contributed by atoms with Gasteiger partial charge in [-0.15, -0.1) is 0 Å². The van der Waals surface area contributed by atoms with Crippen molar-refractivity contribution in [2.45, 2.75) is 25.9 Å². The van der Waals surface area contributed by atoms with Gasteiger partial charge < -0.3 is 15.0 Å². The molecule has 1 fully saturated rings. The Morgan fingerprint density at radius 2 is 2.40 bits per heavy atom. The smallest absolute Gasteiger partial charge is 0.258 e. The average molecular weight is 277 g/mol. The highest BCUT2D eigenvalue weighted by Crippen LogP contribution is 2.20. The first-order chi connectivity index (χ1) is 9.63. The van der Waals surface area contributed by atoms with Gasteiger partial charge in [0, 0.05) is 19.2 Å². The van der Waals surface area contributed by atoms with Gasteiger partial charge in [-0.3, -0.25) is 4.79 Å². The highest BCUT2D eigenvalue weighted by molar-refractivity contribution is 5.81. The van der Waals surface area contributed by atoms with Crippen molar-refractivity contribution in [3.05, 3.63) is 34.1 Å². The van der Waals surface area contributed by atoms with Crippen LogP contribution in [0.15, 0.2) is 16.9 Å². The molecule has 2 aromatic rings. The fraction of sp³-hybridized carbons (Fsp3) is 0.429. The Labute approximate surface area is 115 Å². The van der Waals surface area contributed by atoms with Crippen molar-refractivity contribution in [3.63, 3.8) is 0 Å². The van der Waals surface area contributed by atoms with Gasteiger partial charge in [0.1, 0.15) is 11.6 Å². The van der Waals surface area contributed by atoms with Crippen molar-refractivity contribution >= 4 is 16.6 Å². The van der Waals surface area contributed by atoms with Gasteiger partial charge in [0.05, 0.1) is 22.7 Å². The Kier molecular flexibility index (Phi) is 3.40. The Balaban J connectivity index is 1.90. The third-order valence-corrected chi connectivity index (χ3v) is 3.46. The fourth-order valence-electron chi connectivity index (χ4n) is 2.44. The number of hydrogen-bond donors (Lipinski definition) is 2. The van der Waals surface area contributed by atoms with E-state index in [-0.39, 0.29) is 11.7 Å². The van der Waals surface area contributed by atoms with Gasteiger partial charge in [0.15, 0.2) is 0 Å². The minimum absolute atomic E-state index is 0.111. The van der Waals surface area contributed by atoms with Crippen molar-refractivity contribution in [3.8, 4) is 0 Å². The number of nitrogens with zero attached hydrogens (tertiary/aromatic N) is 1. The van der Waals surface area contributed by atoms with Gasteiger partial charge in [-0.1, -0.05) is 0 Å². The zero-order valence-corrected chi connectivity index (χ0v) is 11.2. The standard InChI is InChI=1S/C14H16FN3O2/c1-8-17-12-6-11(15)13(5-10(12)14(19)18-8)16-7-9-3-2-4-20-9/h5-6,9,16H,2-4,7H2,1H3,(H,17,18,19). The number of fused-ring (bicyclic) bond motifs is 1. The second-order valence-electron chi connectivity index (χ2n) is 5.02. The predicted octanol–water partition coefficient (Wildman–Crippen LogP) is 1.96. The lowest BCUT2D eigenvalue weighted by Gasteiger charge is -2.13. The summed E-state index contributed by atoms with van der Waals surface area (Å²) in [6, 6.07) is 2.79. The number of anilines is 1. The van der Waals surface area contributed by atoms with E-state index in [0.29, 0.717) is 29.0 Å². The van der Waals surface area contributed by atoms with Crippen LogP contribution in [0.25, 0.3) is 10.9 Å². The van der Waals surface area contributed by atoms with Gasteiger partial charge in [-0.05, 0) is 25.8 Å². The quantitative estimate of drug-likeness (QED) is 0.900. The summed E-state index contributed by atoms with van der Waals surface area (Å²) in [6.07, 6.45) is 2.12. The van der Waals surface area contributed by atoms with E-state index in [9.17, 15) is 9.18 Å². The van der Waals surface area contributed by atoms with Crippen molar-refractivity contribution in [1.29, 1.82) is 0 Å². The van der Waals surface area contributed by atoms with Crippen LogP contribution in [0.5, 0.6) is 0 Å². The molecule has 1 saturated heterocycles. The summed E-state index contributed by atoms with van der Waals surface area (Å²) in [6.45, 7) is 2.97. The van der Waals surface area contributed by atoms with Gasteiger partial charge >= 0.3 is 0 Å². The SMILES string of the molecule is Cc1nc2cc(F)c(NCC3CCCO3)cc2c(=O)[nH]1. The predicted molar refractivity (Wildman–Crippen MR) is 74.5 cm³/mol. The molecule has 0 aliphatic carbocycles. The van der Waals surface area contributed by atoms with Gasteiger partial charge in [0.25, 0.3) is 5.56 Å². The Morgan fingerprint density at radius 3 is 3.15 bits per heavy atom. The van der Waals surface area contributed by atoms with Crippen molar-refractivity contribution in [2.24, 2.45) is 0 Å². The molecule has 1 aliphatic heterocycles. The lowest BCUT2D eigenvalue weighted by Crippen LogP contribution is -2.19. The molecule has 0 saturated carbocycles. The zero-order valence-electron chi connectivity index (χ0n) is 11.2. The highest BCUT2D eigenvalue weighted by atomic mass is 19.1. The summed E-state index contributed by atoms with van der Waals surface area (Å²) in [4.78, 5) is 18.6. The molecule has 20 heavy (non-hydrogen) atoms. The van der Waals surface area contributed by atoms with Gasteiger partial charge in [-0.25, -0.2) is 9.37 Å². The molecular formula is C14H16FN3O2. The number of hydrogen-bond acceptors (Lipinski definition) is 4. The topological polar surface area (TPSA) is 67.0 Å². The summed E-state index contributed by atoms with van der Waals surface area (Å²) in [5, 5.41) is 3.39. The second kappa shape index (κ2) is 5.20. The van der Waals surface area contributed by atoms with E-state index in [2.05, 4.69) is 15.3 Å². The van der Waals surface area contributed by atoms with Gasteiger partial charge in [-0.2, -0.15) is 0 Å². The Hall–Kier alpha value is -1.95. The minimum atomic E-state index is -0.409. The number of ether oxygens (including phenoxy) is 1. The molecule has 1 aliphatic rings. The Bertz CT molecular complexity index is 693. The summed E-state index contributed by atoms with van der Waals surface area (Å²) < 4.78 is 19.5. The molecule has 1 atom stereocenters. The highest BCUT2D eigenvalue weighted by Gasteiger charge is 2.16. The molecule has 2 N–H and O–H groups in total.